The summed E-state index contributed by atoms with van der Waals surface area (Å²) in [4.78, 5) is 0.433. The molecule has 2 nitrogen and oxygen atoms in total. The lowest BCUT2D eigenvalue weighted by Crippen LogP contribution is -2.14. The Labute approximate surface area is 126 Å². The number of nitrogens with one attached hydrogen (secondary N) is 1. The first-order chi connectivity index (χ1) is 9.56. The van der Waals surface area contributed by atoms with Crippen LogP contribution in [-0.4, -0.2) is 11.5 Å². The van der Waals surface area contributed by atoms with Gasteiger partial charge >= 0.3 is 0 Å². The van der Waals surface area contributed by atoms with Gasteiger partial charge in [0.2, 0.25) is 0 Å². The Balaban J connectivity index is 2.04. The van der Waals surface area contributed by atoms with Gasteiger partial charge in [-0.15, -0.1) is 0 Å². The molecular weight excluding hydrogens is 264 g/mol. The Morgan fingerprint density at radius 1 is 1.10 bits per heavy atom. The summed E-state index contributed by atoms with van der Waals surface area (Å²) in [6.45, 7) is 5.04. The van der Waals surface area contributed by atoms with E-state index < -0.39 is 0 Å². The molecule has 0 aliphatic heterocycles. The topological polar surface area (TPSA) is 38.0 Å². The first-order valence-corrected chi connectivity index (χ1v) is 7.17. The van der Waals surface area contributed by atoms with E-state index in [4.69, 9.17) is 18.0 Å². The molecule has 0 unspecified atom stereocenters. The van der Waals surface area contributed by atoms with Crippen molar-refractivity contribution in [1.29, 1.82) is 0 Å². The third-order valence-corrected chi connectivity index (χ3v) is 3.47. The van der Waals surface area contributed by atoms with Crippen LogP contribution >= 0.6 is 12.2 Å². The maximum Gasteiger partial charge on any atom is 0.106 e. The number of rotatable bonds is 5. The van der Waals surface area contributed by atoms with Crippen LogP contribution in [0.1, 0.15) is 22.3 Å². The third kappa shape index (κ3) is 3.81. The van der Waals surface area contributed by atoms with Crippen LogP contribution in [0, 0.1) is 13.8 Å². The summed E-state index contributed by atoms with van der Waals surface area (Å²) in [5, 5.41) is 3.44. The van der Waals surface area contributed by atoms with Gasteiger partial charge in [-0.25, -0.2) is 0 Å². The largest absolute Gasteiger partial charge is 0.389 e. The highest BCUT2D eigenvalue weighted by molar-refractivity contribution is 7.80. The molecule has 104 valence electrons. The van der Waals surface area contributed by atoms with E-state index in [2.05, 4.69) is 49.5 Å². The van der Waals surface area contributed by atoms with Gasteiger partial charge in [-0.2, -0.15) is 0 Å². The van der Waals surface area contributed by atoms with Gasteiger partial charge in [0.1, 0.15) is 4.99 Å². The Morgan fingerprint density at radius 2 is 1.85 bits per heavy atom. The lowest BCUT2D eigenvalue weighted by molar-refractivity contribution is 1.02. The molecule has 0 amide bonds. The molecule has 2 aromatic rings. The van der Waals surface area contributed by atoms with Crippen LogP contribution in [0.3, 0.4) is 0 Å². The van der Waals surface area contributed by atoms with Gasteiger partial charge in [0.05, 0.1) is 0 Å². The lowest BCUT2D eigenvalue weighted by Gasteiger charge is -2.12. The Bertz CT molecular complexity index is 620. The molecule has 0 atom stereocenters. The molecule has 0 aliphatic carbocycles. The molecule has 0 bridgehead atoms. The van der Waals surface area contributed by atoms with Crippen molar-refractivity contribution < 1.29 is 0 Å². The average molecular weight is 284 g/mol. The Kier molecular flexibility index (Phi) is 4.74. The fourth-order valence-electron chi connectivity index (χ4n) is 2.23. The number of hydrogen-bond donors (Lipinski definition) is 2. The van der Waals surface area contributed by atoms with E-state index in [9.17, 15) is 0 Å². The normalized spacial score (nSPS) is 10.3. The standard InChI is InChI=1S/C17H20N2S/c1-12-4-3-5-14(10-12)8-9-19-16-11-13(2)6-7-15(16)17(18)20/h3-7,10-11,19H,8-9H2,1-2H3,(H2,18,20). The third-order valence-electron chi connectivity index (χ3n) is 3.25. The van der Waals surface area contributed by atoms with Crippen LogP contribution in [0.25, 0.3) is 0 Å². The molecule has 0 radical (unpaired) electrons. The summed E-state index contributed by atoms with van der Waals surface area (Å²) in [6.07, 6.45) is 0.979. The number of hydrogen-bond acceptors (Lipinski definition) is 2. The second-order valence-electron chi connectivity index (χ2n) is 5.08. The van der Waals surface area contributed by atoms with Crippen molar-refractivity contribution in [2.24, 2.45) is 5.73 Å². The molecule has 20 heavy (non-hydrogen) atoms. The fraction of sp³-hybridized carbons (Fsp3) is 0.235. The van der Waals surface area contributed by atoms with E-state index in [0.29, 0.717) is 4.99 Å². The molecule has 2 rings (SSSR count). The van der Waals surface area contributed by atoms with Crippen molar-refractivity contribution in [3.63, 3.8) is 0 Å². The summed E-state index contributed by atoms with van der Waals surface area (Å²) in [5.41, 5.74) is 11.5. The maximum absolute atomic E-state index is 5.76. The molecule has 0 spiro atoms. The van der Waals surface area contributed by atoms with Crippen LogP contribution in [0.2, 0.25) is 0 Å². The van der Waals surface area contributed by atoms with Gasteiger partial charge in [0.15, 0.2) is 0 Å². The van der Waals surface area contributed by atoms with E-state index in [0.717, 1.165) is 24.2 Å². The molecule has 0 aromatic heterocycles. The SMILES string of the molecule is Cc1cccc(CCNc2cc(C)ccc2C(N)=S)c1. The summed E-state index contributed by atoms with van der Waals surface area (Å²) in [5.74, 6) is 0. The van der Waals surface area contributed by atoms with Crippen LogP contribution in [0.5, 0.6) is 0 Å². The summed E-state index contributed by atoms with van der Waals surface area (Å²) >= 11 is 5.09. The molecule has 0 saturated heterocycles. The highest BCUT2D eigenvalue weighted by atomic mass is 32.1. The van der Waals surface area contributed by atoms with Crippen molar-refractivity contribution in [3.05, 3.63) is 64.7 Å². The van der Waals surface area contributed by atoms with Crippen molar-refractivity contribution in [3.8, 4) is 0 Å². The Morgan fingerprint density at radius 3 is 2.55 bits per heavy atom. The minimum atomic E-state index is 0.433. The van der Waals surface area contributed by atoms with Gasteiger partial charge < -0.3 is 11.1 Å². The van der Waals surface area contributed by atoms with E-state index >= 15 is 0 Å². The lowest BCUT2D eigenvalue weighted by atomic mass is 10.1. The number of benzene rings is 2. The minimum Gasteiger partial charge on any atom is -0.389 e. The van der Waals surface area contributed by atoms with Crippen molar-refractivity contribution in [1.82, 2.24) is 0 Å². The number of aryl methyl sites for hydroxylation is 2. The molecule has 2 aromatic carbocycles. The maximum atomic E-state index is 5.76. The zero-order valence-electron chi connectivity index (χ0n) is 11.9. The van der Waals surface area contributed by atoms with Crippen LogP contribution < -0.4 is 11.1 Å². The van der Waals surface area contributed by atoms with Crippen molar-refractivity contribution in [2.75, 3.05) is 11.9 Å². The van der Waals surface area contributed by atoms with Crippen LogP contribution in [0.15, 0.2) is 42.5 Å². The number of nitrogens with two attached hydrogens (primary N) is 1. The predicted molar refractivity (Wildman–Crippen MR) is 90.4 cm³/mol. The highest BCUT2D eigenvalue weighted by Crippen LogP contribution is 2.17. The van der Waals surface area contributed by atoms with Gasteiger partial charge in [0, 0.05) is 17.8 Å². The minimum absolute atomic E-state index is 0.433. The summed E-state index contributed by atoms with van der Waals surface area (Å²) in [6, 6.07) is 14.7. The van der Waals surface area contributed by atoms with E-state index in [1.807, 2.05) is 12.1 Å². The molecule has 0 saturated carbocycles. The molecule has 0 aliphatic rings. The zero-order chi connectivity index (χ0) is 14.5. The summed E-state index contributed by atoms with van der Waals surface area (Å²) < 4.78 is 0. The van der Waals surface area contributed by atoms with E-state index in [-0.39, 0.29) is 0 Å². The molecule has 0 heterocycles. The Hall–Kier alpha value is -1.87. The highest BCUT2D eigenvalue weighted by Gasteiger charge is 2.05. The van der Waals surface area contributed by atoms with E-state index in [1.165, 1.54) is 16.7 Å². The first-order valence-electron chi connectivity index (χ1n) is 6.76. The molecule has 3 heteroatoms. The second kappa shape index (κ2) is 6.53. The zero-order valence-corrected chi connectivity index (χ0v) is 12.8. The first kappa shape index (κ1) is 14.5. The number of thiocarbonyl (C=S) groups is 1. The van der Waals surface area contributed by atoms with Gasteiger partial charge in [0.25, 0.3) is 0 Å². The van der Waals surface area contributed by atoms with Crippen LogP contribution in [-0.2, 0) is 6.42 Å². The van der Waals surface area contributed by atoms with Crippen molar-refractivity contribution >= 4 is 22.9 Å². The predicted octanol–water partition coefficient (Wildman–Crippen LogP) is 3.59. The van der Waals surface area contributed by atoms with E-state index in [1.54, 1.807) is 0 Å². The quantitative estimate of drug-likeness (QED) is 0.824. The fourth-order valence-corrected chi connectivity index (χ4v) is 2.41. The van der Waals surface area contributed by atoms with Gasteiger partial charge in [-0.1, -0.05) is 48.1 Å². The molecular formula is C17H20N2S. The molecule has 3 N–H and O–H groups in total. The second-order valence-corrected chi connectivity index (χ2v) is 5.52. The monoisotopic (exact) mass is 284 g/mol. The number of anilines is 1. The molecule has 0 fully saturated rings. The van der Waals surface area contributed by atoms with Gasteiger partial charge in [-0.3, -0.25) is 0 Å². The van der Waals surface area contributed by atoms with Gasteiger partial charge in [-0.05, 0) is 43.5 Å². The summed E-state index contributed by atoms with van der Waals surface area (Å²) in [7, 11) is 0. The van der Waals surface area contributed by atoms with Crippen molar-refractivity contribution in [2.45, 2.75) is 20.3 Å². The average Bonchev–Trinajstić information content (AvgIpc) is 2.38. The van der Waals surface area contributed by atoms with Crippen LogP contribution in [0.4, 0.5) is 5.69 Å². The smallest absolute Gasteiger partial charge is 0.106 e.